The maximum Gasteiger partial charge on any atom is 0.186 e. The number of ketones is 1. The van der Waals surface area contributed by atoms with Gasteiger partial charge in [-0.15, -0.1) is 0 Å². The minimum atomic E-state index is 0.00735. The summed E-state index contributed by atoms with van der Waals surface area (Å²) in [6, 6.07) is 31.8. The fourth-order valence-corrected chi connectivity index (χ4v) is 4.61. The summed E-state index contributed by atoms with van der Waals surface area (Å²) in [5.74, 6) is 2.37. The van der Waals surface area contributed by atoms with Crippen LogP contribution < -0.4 is 14.2 Å². The fraction of sp³-hybridized carbons (Fsp3) is 0.0882. The van der Waals surface area contributed by atoms with Crippen molar-refractivity contribution < 1.29 is 19.0 Å². The monoisotopic (exact) mass is 500 g/mol. The van der Waals surface area contributed by atoms with Crippen LogP contribution in [-0.2, 0) is 0 Å². The van der Waals surface area contributed by atoms with E-state index in [-0.39, 0.29) is 5.78 Å². The highest BCUT2D eigenvalue weighted by molar-refractivity contribution is 6.17. The number of allylic oxidation sites excluding steroid dienone is 5. The van der Waals surface area contributed by atoms with Crippen LogP contribution in [0.5, 0.6) is 17.2 Å². The molecule has 5 rings (SSSR count). The standard InChI is InChI=1S/C34H28O4/c1-36-26-14-8-23(9-15-26)32(24-10-16-27(37-2)17-11-24)22-33(25-12-18-28(38-3)19-13-25)30-20-21-34(35)31-7-5-4-6-29(30)31/h4-22H,1-3H3/b33-30+. The summed E-state index contributed by atoms with van der Waals surface area (Å²) in [6.45, 7) is 0. The van der Waals surface area contributed by atoms with Gasteiger partial charge in [-0.25, -0.2) is 0 Å². The molecule has 4 heteroatoms. The van der Waals surface area contributed by atoms with Crippen molar-refractivity contribution in [2.24, 2.45) is 0 Å². The molecular weight excluding hydrogens is 472 g/mol. The number of ether oxygens (including phenoxy) is 3. The molecule has 1 aliphatic carbocycles. The molecule has 0 fully saturated rings. The Balaban J connectivity index is 1.79. The molecule has 188 valence electrons. The predicted octanol–water partition coefficient (Wildman–Crippen LogP) is 7.51. The van der Waals surface area contributed by atoms with Crippen molar-refractivity contribution in [3.05, 3.63) is 143 Å². The zero-order chi connectivity index (χ0) is 26.5. The summed E-state index contributed by atoms with van der Waals surface area (Å²) in [5, 5.41) is 0. The summed E-state index contributed by atoms with van der Waals surface area (Å²) in [4.78, 5) is 12.7. The molecule has 0 heterocycles. The highest BCUT2D eigenvalue weighted by Crippen LogP contribution is 2.38. The molecule has 0 amide bonds. The largest absolute Gasteiger partial charge is 0.497 e. The quantitative estimate of drug-likeness (QED) is 0.263. The van der Waals surface area contributed by atoms with E-state index in [9.17, 15) is 4.79 Å². The van der Waals surface area contributed by atoms with Gasteiger partial charge < -0.3 is 14.2 Å². The molecule has 0 aliphatic heterocycles. The lowest BCUT2D eigenvalue weighted by Crippen LogP contribution is -2.06. The maximum atomic E-state index is 12.7. The van der Waals surface area contributed by atoms with E-state index in [2.05, 4.69) is 30.3 Å². The fourth-order valence-electron chi connectivity index (χ4n) is 4.61. The lowest BCUT2D eigenvalue weighted by Gasteiger charge is -2.19. The summed E-state index contributed by atoms with van der Waals surface area (Å²) >= 11 is 0. The Labute approximate surface area is 223 Å². The van der Waals surface area contributed by atoms with Crippen LogP contribution in [0.3, 0.4) is 0 Å². The first-order chi connectivity index (χ1) is 18.6. The zero-order valence-corrected chi connectivity index (χ0v) is 21.6. The second-order valence-electron chi connectivity index (χ2n) is 8.81. The number of hydrogen-bond acceptors (Lipinski definition) is 4. The third kappa shape index (κ3) is 5.02. The Morgan fingerprint density at radius 2 is 1.00 bits per heavy atom. The van der Waals surface area contributed by atoms with Gasteiger partial charge in [-0.1, -0.05) is 60.7 Å². The Hall–Kier alpha value is -4.83. The first-order valence-electron chi connectivity index (χ1n) is 12.3. The van der Waals surface area contributed by atoms with Crippen molar-refractivity contribution in [1.29, 1.82) is 0 Å². The molecule has 0 atom stereocenters. The molecule has 0 unspecified atom stereocenters. The average Bonchev–Trinajstić information content (AvgIpc) is 2.99. The molecule has 0 spiro atoms. The van der Waals surface area contributed by atoms with E-state index in [1.807, 2.05) is 78.9 Å². The van der Waals surface area contributed by atoms with Gasteiger partial charge in [-0.3, -0.25) is 4.79 Å². The molecule has 38 heavy (non-hydrogen) atoms. The van der Waals surface area contributed by atoms with Gasteiger partial charge in [0.25, 0.3) is 0 Å². The molecule has 0 N–H and O–H groups in total. The molecule has 0 aromatic heterocycles. The van der Waals surface area contributed by atoms with Crippen molar-refractivity contribution in [3.63, 3.8) is 0 Å². The Kier molecular flexibility index (Phi) is 7.23. The molecule has 4 nitrogen and oxygen atoms in total. The van der Waals surface area contributed by atoms with Crippen molar-refractivity contribution >= 4 is 22.5 Å². The van der Waals surface area contributed by atoms with E-state index >= 15 is 0 Å². The first-order valence-corrected chi connectivity index (χ1v) is 12.3. The molecule has 0 saturated heterocycles. The van der Waals surface area contributed by atoms with Crippen LogP contribution in [0.15, 0.2) is 115 Å². The predicted molar refractivity (Wildman–Crippen MR) is 153 cm³/mol. The Morgan fingerprint density at radius 3 is 1.47 bits per heavy atom. The van der Waals surface area contributed by atoms with Crippen LogP contribution in [0.25, 0.3) is 16.7 Å². The number of hydrogen-bond donors (Lipinski definition) is 0. The van der Waals surface area contributed by atoms with Crippen LogP contribution >= 0.6 is 0 Å². The number of carbonyl (C=O) groups is 1. The van der Waals surface area contributed by atoms with Gasteiger partial charge in [0.15, 0.2) is 5.78 Å². The third-order valence-corrected chi connectivity index (χ3v) is 6.67. The molecular formula is C34H28O4. The number of carbonyl (C=O) groups excluding carboxylic acids is 1. The van der Waals surface area contributed by atoms with Crippen LogP contribution in [0.1, 0.15) is 32.6 Å². The number of fused-ring (bicyclic) bond motifs is 1. The molecule has 0 radical (unpaired) electrons. The Bertz CT molecular complexity index is 1490. The van der Waals surface area contributed by atoms with Gasteiger partial charge in [0.05, 0.1) is 21.3 Å². The van der Waals surface area contributed by atoms with Gasteiger partial charge in [0.2, 0.25) is 0 Å². The second kappa shape index (κ2) is 11.1. The van der Waals surface area contributed by atoms with Gasteiger partial charge in [0, 0.05) is 5.56 Å². The molecule has 0 bridgehead atoms. The van der Waals surface area contributed by atoms with Crippen molar-refractivity contribution in [3.8, 4) is 17.2 Å². The van der Waals surface area contributed by atoms with Crippen LogP contribution in [0.4, 0.5) is 0 Å². The van der Waals surface area contributed by atoms with Crippen molar-refractivity contribution in [1.82, 2.24) is 0 Å². The highest BCUT2D eigenvalue weighted by atomic mass is 16.5. The SMILES string of the molecule is COc1ccc(C(=C/C(=C2/C=CC(=O)c3ccccc32)c2ccc(OC)cc2)c2ccc(OC)cc2)cc1. The number of rotatable bonds is 7. The van der Waals surface area contributed by atoms with E-state index < -0.39 is 0 Å². The van der Waals surface area contributed by atoms with E-state index in [1.165, 1.54) is 0 Å². The summed E-state index contributed by atoms with van der Waals surface area (Å²) < 4.78 is 16.2. The number of benzene rings is 4. The van der Waals surface area contributed by atoms with Crippen LogP contribution in [-0.4, -0.2) is 27.1 Å². The van der Waals surface area contributed by atoms with E-state index in [4.69, 9.17) is 14.2 Å². The first kappa shape index (κ1) is 24.8. The lowest BCUT2D eigenvalue weighted by molar-refractivity contribution is 0.104. The minimum Gasteiger partial charge on any atom is -0.497 e. The van der Waals surface area contributed by atoms with Gasteiger partial charge >= 0.3 is 0 Å². The topological polar surface area (TPSA) is 44.8 Å². The summed E-state index contributed by atoms with van der Waals surface area (Å²) in [6.07, 6.45) is 5.76. The summed E-state index contributed by atoms with van der Waals surface area (Å²) in [7, 11) is 4.98. The molecule has 0 saturated carbocycles. The highest BCUT2D eigenvalue weighted by Gasteiger charge is 2.20. The van der Waals surface area contributed by atoms with Gasteiger partial charge in [-0.2, -0.15) is 0 Å². The molecule has 4 aromatic carbocycles. The van der Waals surface area contributed by atoms with Gasteiger partial charge in [-0.05, 0) is 93.6 Å². The molecule has 4 aromatic rings. The second-order valence-corrected chi connectivity index (χ2v) is 8.81. The van der Waals surface area contributed by atoms with Crippen molar-refractivity contribution in [2.75, 3.05) is 21.3 Å². The number of methoxy groups -OCH3 is 3. The molecule has 1 aliphatic rings. The average molecular weight is 501 g/mol. The maximum absolute atomic E-state index is 12.7. The van der Waals surface area contributed by atoms with E-state index in [0.717, 1.165) is 56.2 Å². The van der Waals surface area contributed by atoms with Gasteiger partial charge in [0.1, 0.15) is 17.2 Å². The van der Waals surface area contributed by atoms with E-state index in [1.54, 1.807) is 27.4 Å². The Morgan fingerprint density at radius 1 is 0.553 bits per heavy atom. The minimum absolute atomic E-state index is 0.00735. The zero-order valence-electron chi connectivity index (χ0n) is 21.6. The lowest BCUT2D eigenvalue weighted by atomic mass is 9.84. The normalized spacial score (nSPS) is 13.4. The smallest absolute Gasteiger partial charge is 0.186 e. The van der Waals surface area contributed by atoms with Crippen LogP contribution in [0, 0.1) is 0 Å². The van der Waals surface area contributed by atoms with Crippen LogP contribution in [0.2, 0.25) is 0 Å². The van der Waals surface area contributed by atoms with Crippen molar-refractivity contribution in [2.45, 2.75) is 0 Å². The third-order valence-electron chi connectivity index (χ3n) is 6.67. The van der Waals surface area contributed by atoms with E-state index in [0.29, 0.717) is 5.56 Å². The summed E-state index contributed by atoms with van der Waals surface area (Å²) in [5.41, 5.74) is 7.67.